The minimum atomic E-state index is -0.439. The number of rotatable bonds is 1. The van der Waals surface area contributed by atoms with Gasteiger partial charge < -0.3 is 10.0 Å². The van der Waals surface area contributed by atoms with E-state index in [0.717, 1.165) is 4.91 Å². The molecule has 0 aromatic rings. The fraction of sp³-hybridized carbons (Fsp3) is 0.556. The quantitative estimate of drug-likeness (QED) is 0.602. The lowest BCUT2D eigenvalue weighted by Gasteiger charge is -2.40. The predicted octanol–water partition coefficient (Wildman–Crippen LogP) is 1.50. The molecule has 1 unspecified atom stereocenters. The van der Waals surface area contributed by atoms with Crippen molar-refractivity contribution in [3.8, 4) is 0 Å². The Morgan fingerprint density at radius 2 is 2.25 bits per heavy atom. The second-order valence-electron chi connectivity index (χ2n) is 3.36. The molecule has 2 nitrogen and oxygen atoms in total. The lowest BCUT2D eigenvalue weighted by Crippen LogP contribution is -2.43. The van der Waals surface area contributed by atoms with Gasteiger partial charge in [0.25, 0.3) is 0 Å². The smallest absolute Gasteiger partial charge is 0.146 e. The molecular weight excluding hydrogens is 170 g/mol. The fourth-order valence-electron chi connectivity index (χ4n) is 1.56. The summed E-state index contributed by atoms with van der Waals surface area (Å²) in [4.78, 5) is 2.92. The van der Waals surface area contributed by atoms with Crippen molar-refractivity contribution in [2.24, 2.45) is 0 Å². The average molecular weight is 183 g/mol. The molecule has 0 bridgehead atoms. The van der Waals surface area contributed by atoms with Gasteiger partial charge in [0.05, 0.1) is 0 Å². The van der Waals surface area contributed by atoms with Gasteiger partial charge in [-0.05, 0) is 31.4 Å². The van der Waals surface area contributed by atoms with E-state index < -0.39 is 6.23 Å². The van der Waals surface area contributed by atoms with Gasteiger partial charge in [0, 0.05) is 17.1 Å². The van der Waals surface area contributed by atoms with E-state index in [1.54, 1.807) is 6.08 Å². The molecule has 1 aliphatic carbocycles. The summed E-state index contributed by atoms with van der Waals surface area (Å²) >= 11 is 4.24. The van der Waals surface area contributed by atoms with Crippen LogP contribution in [0, 0.1) is 0 Å². The van der Waals surface area contributed by atoms with E-state index in [0.29, 0.717) is 6.04 Å². The summed E-state index contributed by atoms with van der Waals surface area (Å²) in [5.74, 6) is 0. The van der Waals surface area contributed by atoms with Crippen LogP contribution in [0.5, 0.6) is 0 Å². The highest BCUT2D eigenvalue weighted by atomic mass is 32.1. The molecule has 0 amide bonds. The van der Waals surface area contributed by atoms with Gasteiger partial charge in [0.2, 0.25) is 0 Å². The third-order valence-corrected chi connectivity index (χ3v) is 2.79. The van der Waals surface area contributed by atoms with Crippen LogP contribution in [0.4, 0.5) is 0 Å². The number of nitrogens with zero attached hydrogens (tertiary/aromatic N) is 1. The Balaban J connectivity index is 2.08. The summed E-state index contributed by atoms with van der Waals surface area (Å²) in [6.07, 6.45) is 8.78. The second kappa shape index (κ2) is 3.15. The first-order valence-electron chi connectivity index (χ1n) is 4.32. The standard InChI is InChI=1S/C9H13NOS/c11-9-5-4-8(12)6-10(9)7-2-1-3-7/h4-7,9,11-12H,1-3H2. The maximum atomic E-state index is 9.58. The molecule has 12 heavy (non-hydrogen) atoms. The van der Waals surface area contributed by atoms with Crippen molar-refractivity contribution in [3.05, 3.63) is 23.3 Å². The van der Waals surface area contributed by atoms with Crippen LogP contribution < -0.4 is 0 Å². The maximum absolute atomic E-state index is 9.58. The van der Waals surface area contributed by atoms with E-state index >= 15 is 0 Å². The Labute approximate surface area is 78.0 Å². The van der Waals surface area contributed by atoms with Gasteiger partial charge >= 0.3 is 0 Å². The molecule has 1 heterocycles. The first-order chi connectivity index (χ1) is 5.77. The molecule has 3 heteroatoms. The van der Waals surface area contributed by atoms with Crippen LogP contribution >= 0.6 is 12.6 Å². The van der Waals surface area contributed by atoms with Crippen LogP contribution in [0.2, 0.25) is 0 Å². The zero-order valence-electron chi connectivity index (χ0n) is 6.85. The van der Waals surface area contributed by atoms with Gasteiger partial charge in [-0.1, -0.05) is 0 Å². The Bertz CT molecular complexity index is 233. The first-order valence-corrected chi connectivity index (χ1v) is 4.76. The van der Waals surface area contributed by atoms with Gasteiger partial charge in [-0.15, -0.1) is 12.6 Å². The number of hydrogen-bond donors (Lipinski definition) is 2. The maximum Gasteiger partial charge on any atom is 0.146 e. The molecule has 1 N–H and O–H groups in total. The number of aliphatic hydroxyl groups excluding tert-OH is 1. The minimum absolute atomic E-state index is 0.439. The largest absolute Gasteiger partial charge is 0.370 e. The van der Waals surface area contributed by atoms with E-state index in [9.17, 15) is 5.11 Å². The Hall–Kier alpha value is -0.410. The Kier molecular flexibility index (Phi) is 2.15. The molecular formula is C9H13NOS. The molecule has 0 aromatic carbocycles. The third-order valence-electron chi connectivity index (χ3n) is 2.52. The van der Waals surface area contributed by atoms with Crippen molar-refractivity contribution in [2.45, 2.75) is 31.5 Å². The highest BCUT2D eigenvalue weighted by Gasteiger charge is 2.27. The fourth-order valence-corrected chi connectivity index (χ4v) is 1.78. The van der Waals surface area contributed by atoms with E-state index in [2.05, 4.69) is 12.6 Å². The molecule has 0 radical (unpaired) electrons. The lowest BCUT2D eigenvalue weighted by molar-refractivity contribution is 0.0202. The van der Waals surface area contributed by atoms with Crippen molar-refractivity contribution >= 4 is 12.6 Å². The van der Waals surface area contributed by atoms with Crippen molar-refractivity contribution < 1.29 is 5.11 Å². The van der Waals surface area contributed by atoms with Gasteiger partial charge in [-0.2, -0.15) is 0 Å². The zero-order chi connectivity index (χ0) is 8.55. The molecule has 2 rings (SSSR count). The number of hydrogen-bond acceptors (Lipinski definition) is 3. The minimum Gasteiger partial charge on any atom is -0.370 e. The lowest BCUT2D eigenvalue weighted by atomic mass is 9.91. The molecule has 0 saturated heterocycles. The third kappa shape index (κ3) is 1.39. The summed E-state index contributed by atoms with van der Waals surface area (Å²) in [7, 11) is 0. The van der Waals surface area contributed by atoms with E-state index in [-0.39, 0.29) is 0 Å². The van der Waals surface area contributed by atoms with Gasteiger partial charge in [0.1, 0.15) is 6.23 Å². The monoisotopic (exact) mass is 183 g/mol. The van der Waals surface area contributed by atoms with Crippen molar-refractivity contribution in [3.63, 3.8) is 0 Å². The molecule has 1 saturated carbocycles. The molecule has 1 atom stereocenters. The summed E-state index contributed by atoms with van der Waals surface area (Å²) in [6, 6.07) is 0.534. The molecule has 1 fully saturated rings. The second-order valence-corrected chi connectivity index (χ2v) is 3.88. The Morgan fingerprint density at radius 3 is 2.83 bits per heavy atom. The van der Waals surface area contributed by atoms with Crippen LogP contribution in [0.25, 0.3) is 0 Å². The number of thiol groups is 1. The average Bonchev–Trinajstić information content (AvgIpc) is 1.93. The molecule has 1 aliphatic heterocycles. The summed E-state index contributed by atoms with van der Waals surface area (Å²) in [6.45, 7) is 0. The number of allylic oxidation sites excluding steroid dienone is 1. The van der Waals surface area contributed by atoms with Gasteiger partial charge in [-0.25, -0.2) is 0 Å². The normalized spacial score (nSPS) is 30.0. The number of aliphatic hydroxyl groups is 1. The van der Waals surface area contributed by atoms with Crippen LogP contribution in [0.3, 0.4) is 0 Å². The summed E-state index contributed by atoms with van der Waals surface area (Å²) in [5, 5.41) is 9.58. The topological polar surface area (TPSA) is 23.5 Å². The van der Waals surface area contributed by atoms with Crippen LogP contribution in [0.1, 0.15) is 19.3 Å². The SMILES string of the molecule is OC1C=CC(S)=CN1C1CCC1. The van der Waals surface area contributed by atoms with Crippen molar-refractivity contribution in [1.29, 1.82) is 0 Å². The predicted molar refractivity (Wildman–Crippen MR) is 51.7 cm³/mol. The van der Waals surface area contributed by atoms with E-state index in [4.69, 9.17) is 0 Å². The van der Waals surface area contributed by atoms with E-state index in [1.165, 1.54) is 19.3 Å². The van der Waals surface area contributed by atoms with Crippen molar-refractivity contribution in [2.75, 3.05) is 0 Å². The molecule has 2 aliphatic rings. The zero-order valence-corrected chi connectivity index (χ0v) is 7.74. The van der Waals surface area contributed by atoms with Crippen LogP contribution in [0.15, 0.2) is 23.3 Å². The summed E-state index contributed by atoms with van der Waals surface area (Å²) in [5.41, 5.74) is 0. The molecule has 66 valence electrons. The molecule has 0 spiro atoms. The van der Waals surface area contributed by atoms with Crippen LogP contribution in [-0.4, -0.2) is 22.3 Å². The Morgan fingerprint density at radius 1 is 1.50 bits per heavy atom. The highest BCUT2D eigenvalue weighted by Crippen LogP contribution is 2.29. The summed E-state index contributed by atoms with van der Waals surface area (Å²) < 4.78 is 0. The van der Waals surface area contributed by atoms with Crippen molar-refractivity contribution in [1.82, 2.24) is 4.90 Å². The van der Waals surface area contributed by atoms with E-state index in [1.807, 2.05) is 17.2 Å². The highest BCUT2D eigenvalue weighted by molar-refractivity contribution is 7.84. The van der Waals surface area contributed by atoms with Crippen LogP contribution in [-0.2, 0) is 0 Å². The van der Waals surface area contributed by atoms with Gasteiger partial charge in [0.15, 0.2) is 0 Å². The van der Waals surface area contributed by atoms with Gasteiger partial charge in [-0.3, -0.25) is 0 Å². The molecule has 0 aromatic heterocycles. The first kappa shape index (κ1) is 8.20.